The fourth-order valence-electron chi connectivity index (χ4n) is 1.65. The molecule has 0 fully saturated rings. The van der Waals surface area contributed by atoms with Gasteiger partial charge in [-0.25, -0.2) is 0 Å². The molecule has 0 aliphatic rings. The van der Waals surface area contributed by atoms with E-state index in [4.69, 9.17) is 4.74 Å². The molecule has 0 N–H and O–H groups in total. The number of likely N-dealkylation sites (N-methyl/N-ethyl adjacent to an activating group) is 2. The number of methoxy groups -OCH3 is 1. The highest BCUT2D eigenvalue weighted by atomic mass is 16.5. The van der Waals surface area contributed by atoms with Crippen LogP contribution in [0, 0.1) is 6.92 Å². The fourth-order valence-corrected chi connectivity index (χ4v) is 1.65. The molecule has 1 aromatic rings. The summed E-state index contributed by atoms with van der Waals surface area (Å²) in [6.07, 6.45) is 0. The van der Waals surface area contributed by atoms with Gasteiger partial charge < -0.3 is 14.5 Å². The number of nitrogens with zero attached hydrogens (tertiary/aromatic N) is 2. The minimum atomic E-state index is 0.957. The minimum absolute atomic E-state index is 0.957. The van der Waals surface area contributed by atoms with Crippen LogP contribution in [0.5, 0.6) is 5.75 Å². The molecule has 1 aromatic carbocycles. The first-order valence-corrected chi connectivity index (χ1v) is 6.12. The molecule has 96 valence electrons. The second-order valence-corrected chi connectivity index (χ2v) is 4.47. The number of aryl methyl sites for hydroxylation is 1. The van der Waals surface area contributed by atoms with Gasteiger partial charge in [0.25, 0.3) is 0 Å². The van der Waals surface area contributed by atoms with Gasteiger partial charge in [-0.15, -0.1) is 0 Å². The Labute approximate surface area is 105 Å². The minimum Gasteiger partial charge on any atom is -0.496 e. The van der Waals surface area contributed by atoms with Gasteiger partial charge in [-0.3, -0.25) is 0 Å². The van der Waals surface area contributed by atoms with Crippen LogP contribution in [0.4, 0.5) is 5.69 Å². The van der Waals surface area contributed by atoms with E-state index < -0.39 is 0 Å². The van der Waals surface area contributed by atoms with E-state index in [2.05, 4.69) is 55.9 Å². The summed E-state index contributed by atoms with van der Waals surface area (Å²) in [4.78, 5) is 4.57. The van der Waals surface area contributed by atoms with E-state index >= 15 is 0 Å². The zero-order valence-corrected chi connectivity index (χ0v) is 11.7. The molecule has 0 atom stereocenters. The molecule has 0 saturated carbocycles. The van der Waals surface area contributed by atoms with E-state index in [1.54, 1.807) is 7.11 Å². The number of ether oxygens (including phenoxy) is 1. The van der Waals surface area contributed by atoms with Crippen LogP contribution in [-0.4, -0.2) is 45.7 Å². The Morgan fingerprint density at radius 3 is 2.47 bits per heavy atom. The maximum atomic E-state index is 5.35. The molecule has 0 amide bonds. The van der Waals surface area contributed by atoms with Crippen LogP contribution in [0.2, 0.25) is 0 Å². The third kappa shape index (κ3) is 3.93. The van der Waals surface area contributed by atoms with Gasteiger partial charge >= 0.3 is 0 Å². The lowest BCUT2D eigenvalue weighted by atomic mass is 10.2. The highest BCUT2D eigenvalue weighted by molar-refractivity contribution is 5.53. The number of hydrogen-bond acceptors (Lipinski definition) is 3. The Balaban J connectivity index is 2.65. The molecule has 0 aromatic heterocycles. The second kappa shape index (κ2) is 6.50. The lowest BCUT2D eigenvalue weighted by Crippen LogP contribution is -2.30. The maximum Gasteiger partial charge on any atom is 0.123 e. The zero-order valence-electron chi connectivity index (χ0n) is 11.7. The van der Waals surface area contributed by atoms with E-state index in [0.717, 1.165) is 25.4 Å². The van der Waals surface area contributed by atoms with Gasteiger partial charge in [-0.05, 0) is 32.1 Å². The van der Waals surface area contributed by atoms with Gasteiger partial charge in [-0.1, -0.05) is 13.0 Å². The van der Waals surface area contributed by atoms with Crippen LogP contribution in [0.15, 0.2) is 18.2 Å². The Bertz CT molecular complexity index is 352. The highest BCUT2D eigenvalue weighted by Gasteiger charge is 2.05. The quantitative estimate of drug-likeness (QED) is 0.754. The van der Waals surface area contributed by atoms with Crippen molar-refractivity contribution < 1.29 is 4.74 Å². The predicted molar refractivity (Wildman–Crippen MR) is 74.2 cm³/mol. The molecule has 0 heterocycles. The average molecular weight is 236 g/mol. The monoisotopic (exact) mass is 236 g/mol. The number of hydrogen-bond donors (Lipinski definition) is 0. The Morgan fingerprint density at radius 2 is 1.88 bits per heavy atom. The first-order valence-electron chi connectivity index (χ1n) is 6.12. The molecule has 3 heteroatoms. The predicted octanol–water partition coefficient (Wildman–Crippen LogP) is 2.39. The highest BCUT2D eigenvalue weighted by Crippen LogP contribution is 2.24. The molecule has 0 spiro atoms. The van der Waals surface area contributed by atoms with Crippen molar-refractivity contribution in [1.29, 1.82) is 0 Å². The normalized spacial score (nSPS) is 10.7. The number of benzene rings is 1. The molecular weight excluding hydrogens is 212 g/mol. The Hall–Kier alpha value is -1.22. The first kappa shape index (κ1) is 13.8. The summed E-state index contributed by atoms with van der Waals surface area (Å²) in [5, 5.41) is 0. The van der Waals surface area contributed by atoms with E-state index in [1.807, 2.05) is 0 Å². The maximum absolute atomic E-state index is 5.35. The third-order valence-corrected chi connectivity index (χ3v) is 3.19. The van der Waals surface area contributed by atoms with Crippen molar-refractivity contribution >= 4 is 5.69 Å². The molecule has 1 rings (SSSR count). The Kier molecular flexibility index (Phi) is 5.29. The molecule has 3 nitrogen and oxygen atoms in total. The van der Waals surface area contributed by atoms with Crippen molar-refractivity contribution in [3.8, 4) is 5.75 Å². The summed E-state index contributed by atoms with van der Waals surface area (Å²) in [5.41, 5.74) is 2.38. The molecule has 0 aliphatic heterocycles. The molecule has 0 radical (unpaired) electrons. The van der Waals surface area contributed by atoms with Gasteiger partial charge in [-0.2, -0.15) is 0 Å². The van der Waals surface area contributed by atoms with Crippen molar-refractivity contribution in [1.82, 2.24) is 4.90 Å². The largest absolute Gasteiger partial charge is 0.496 e. The standard InChI is InChI=1S/C14H24N2O/c1-6-15(3)9-10-16(4)13-8-7-12(2)14(11-13)17-5/h7-8,11H,6,9-10H2,1-5H3. The van der Waals surface area contributed by atoms with Gasteiger partial charge in [0.2, 0.25) is 0 Å². The van der Waals surface area contributed by atoms with E-state index in [1.165, 1.54) is 11.3 Å². The van der Waals surface area contributed by atoms with Gasteiger partial charge in [0.1, 0.15) is 5.75 Å². The lowest BCUT2D eigenvalue weighted by Gasteiger charge is -2.23. The number of anilines is 1. The summed E-state index contributed by atoms with van der Waals surface area (Å²) < 4.78 is 5.35. The van der Waals surface area contributed by atoms with E-state index in [9.17, 15) is 0 Å². The smallest absolute Gasteiger partial charge is 0.123 e. The first-order chi connectivity index (χ1) is 8.08. The van der Waals surface area contributed by atoms with Crippen molar-refractivity contribution in [2.24, 2.45) is 0 Å². The lowest BCUT2D eigenvalue weighted by molar-refractivity contribution is 0.360. The molecule has 0 aliphatic carbocycles. The molecule has 0 unspecified atom stereocenters. The Morgan fingerprint density at radius 1 is 1.18 bits per heavy atom. The molecule has 0 bridgehead atoms. The van der Waals surface area contributed by atoms with Crippen LogP contribution < -0.4 is 9.64 Å². The van der Waals surface area contributed by atoms with Crippen molar-refractivity contribution in [3.05, 3.63) is 23.8 Å². The molecule has 17 heavy (non-hydrogen) atoms. The van der Waals surface area contributed by atoms with Gasteiger partial charge in [0, 0.05) is 31.9 Å². The third-order valence-electron chi connectivity index (χ3n) is 3.19. The summed E-state index contributed by atoms with van der Waals surface area (Å²) >= 11 is 0. The molecule has 0 saturated heterocycles. The van der Waals surface area contributed by atoms with Crippen molar-refractivity contribution in [2.45, 2.75) is 13.8 Å². The summed E-state index contributed by atoms with van der Waals surface area (Å²) in [7, 11) is 5.98. The summed E-state index contributed by atoms with van der Waals surface area (Å²) in [6.45, 7) is 7.42. The number of rotatable bonds is 6. The van der Waals surface area contributed by atoms with Gasteiger partial charge in [0.15, 0.2) is 0 Å². The van der Waals surface area contributed by atoms with Crippen molar-refractivity contribution in [3.63, 3.8) is 0 Å². The van der Waals surface area contributed by atoms with E-state index in [0.29, 0.717) is 0 Å². The van der Waals surface area contributed by atoms with Crippen LogP contribution in [-0.2, 0) is 0 Å². The van der Waals surface area contributed by atoms with Gasteiger partial charge in [0.05, 0.1) is 7.11 Å². The SMILES string of the molecule is CCN(C)CCN(C)c1ccc(C)c(OC)c1. The fraction of sp³-hybridized carbons (Fsp3) is 0.571. The van der Waals surface area contributed by atoms with Crippen LogP contribution in [0.3, 0.4) is 0 Å². The molecular formula is C14H24N2O. The summed E-state index contributed by atoms with van der Waals surface area (Å²) in [6, 6.07) is 6.35. The van der Waals surface area contributed by atoms with Crippen LogP contribution in [0.1, 0.15) is 12.5 Å². The second-order valence-electron chi connectivity index (χ2n) is 4.47. The zero-order chi connectivity index (χ0) is 12.8. The van der Waals surface area contributed by atoms with Crippen LogP contribution >= 0.6 is 0 Å². The summed E-state index contributed by atoms with van der Waals surface area (Å²) in [5.74, 6) is 0.957. The van der Waals surface area contributed by atoms with Crippen molar-refractivity contribution in [2.75, 3.05) is 45.7 Å². The van der Waals surface area contributed by atoms with Crippen LogP contribution in [0.25, 0.3) is 0 Å². The average Bonchev–Trinajstić information content (AvgIpc) is 2.35. The van der Waals surface area contributed by atoms with E-state index in [-0.39, 0.29) is 0 Å². The topological polar surface area (TPSA) is 15.7 Å².